The van der Waals surface area contributed by atoms with Gasteiger partial charge in [0.15, 0.2) is 0 Å². The van der Waals surface area contributed by atoms with E-state index in [4.69, 9.17) is 5.73 Å². The van der Waals surface area contributed by atoms with Gasteiger partial charge in [0.1, 0.15) is 22.4 Å². The molecule has 1 aliphatic carbocycles. The molecule has 1 aliphatic rings. The van der Waals surface area contributed by atoms with Gasteiger partial charge in [-0.1, -0.05) is 12.8 Å². The van der Waals surface area contributed by atoms with Gasteiger partial charge >= 0.3 is 0 Å². The van der Waals surface area contributed by atoms with Crippen LogP contribution in [-0.4, -0.2) is 15.5 Å². The first-order valence-corrected chi connectivity index (χ1v) is 5.94. The standard InChI is InChI=1S/C10H15BrN4/c1-10(4-2-3-5-10)15-9-7(11)8(12)13-6-14-9/h6H,2-5H2,1H3,(H3,12,13,14,15). The normalized spacial score (nSPS) is 19.1. The third-order valence-electron chi connectivity index (χ3n) is 2.94. The average molecular weight is 271 g/mol. The second-order valence-electron chi connectivity index (χ2n) is 4.31. The highest BCUT2D eigenvalue weighted by atomic mass is 79.9. The van der Waals surface area contributed by atoms with Crippen molar-refractivity contribution < 1.29 is 0 Å². The van der Waals surface area contributed by atoms with Crippen molar-refractivity contribution in [1.82, 2.24) is 9.97 Å². The fraction of sp³-hybridized carbons (Fsp3) is 0.600. The van der Waals surface area contributed by atoms with E-state index in [1.54, 1.807) is 0 Å². The zero-order valence-electron chi connectivity index (χ0n) is 8.76. The van der Waals surface area contributed by atoms with Crippen LogP contribution in [-0.2, 0) is 0 Å². The molecule has 0 radical (unpaired) electrons. The van der Waals surface area contributed by atoms with Gasteiger partial charge in [-0.2, -0.15) is 0 Å². The Morgan fingerprint density at radius 1 is 1.40 bits per heavy atom. The van der Waals surface area contributed by atoms with Crippen molar-refractivity contribution in [3.8, 4) is 0 Å². The van der Waals surface area contributed by atoms with Crippen LogP contribution >= 0.6 is 15.9 Å². The Morgan fingerprint density at radius 3 is 2.73 bits per heavy atom. The fourth-order valence-corrected chi connectivity index (χ4v) is 2.34. The number of nitrogens with two attached hydrogens (primary N) is 1. The first-order valence-electron chi connectivity index (χ1n) is 5.15. The molecule has 82 valence electrons. The first kappa shape index (κ1) is 10.7. The molecule has 1 saturated carbocycles. The first-order chi connectivity index (χ1) is 7.11. The molecule has 5 heteroatoms. The van der Waals surface area contributed by atoms with E-state index in [9.17, 15) is 0 Å². The molecule has 3 N–H and O–H groups in total. The third kappa shape index (κ3) is 2.22. The largest absolute Gasteiger partial charge is 0.383 e. The Bertz CT molecular complexity index is 360. The number of nitrogens with one attached hydrogen (secondary N) is 1. The number of nitrogen functional groups attached to an aromatic ring is 1. The predicted octanol–water partition coefficient (Wildman–Crippen LogP) is 2.57. The third-order valence-corrected chi connectivity index (χ3v) is 3.73. The monoisotopic (exact) mass is 270 g/mol. The lowest BCUT2D eigenvalue weighted by Crippen LogP contribution is -2.31. The molecule has 0 amide bonds. The molecular weight excluding hydrogens is 256 g/mol. The SMILES string of the molecule is CC1(Nc2ncnc(N)c2Br)CCCC1. The van der Waals surface area contributed by atoms with Gasteiger partial charge in [-0.05, 0) is 35.7 Å². The highest BCUT2D eigenvalue weighted by Gasteiger charge is 2.29. The zero-order chi connectivity index (χ0) is 10.9. The van der Waals surface area contributed by atoms with Crippen molar-refractivity contribution in [1.29, 1.82) is 0 Å². The molecule has 1 heterocycles. The van der Waals surface area contributed by atoms with Crippen molar-refractivity contribution in [3.05, 3.63) is 10.8 Å². The Morgan fingerprint density at radius 2 is 2.07 bits per heavy atom. The molecular formula is C10H15BrN4. The maximum absolute atomic E-state index is 5.70. The summed E-state index contributed by atoms with van der Waals surface area (Å²) >= 11 is 3.40. The molecule has 0 atom stereocenters. The minimum absolute atomic E-state index is 0.156. The minimum Gasteiger partial charge on any atom is -0.383 e. The second-order valence-corrected chi connectivity index (χ2v) is 5.11. The quantitative estimate of drug-likeness (QED) is 0.867. The minimum atomic E-state index is 0.156. The van der Waals surface area contributed by atoms with E-state index in [0.29, 0.717) is 5.82 Å². The van der Waals surface area contributed by atoms with Crippen molar-refractivity contribution in [2.75, 3.05) is 11.1 Å². The lowest BCUT2D eigenvalue weighted by Gasteiger charge is -2.26. The Balaban J connectivity index is 2.20. The molecule has 1 fully saturated rings. The van der Waals surface area contributed by atoms with E-state index < -0.39 is 0 Å². The van der Waals surface area contributed by atoms with Crippen LogP contribution in [0.4, 0.5) is 11.6 Å². The number of hydrogen-bond donors (Lipinski definition) is 2. The van der Waals surface area contributed by atoms with Crippen LogP contribution < -0.4 is 11.1 Å². The predicted molar refractivity (Wildman–Crippen MR) is 64.6 cm³/mol. The number of aromatic nitrogens is 2. The van der Waals surface area contributed by atoms with Gasteiger partial charge in [0.05, 0.1) is 0 Å². The molecule has 0 aromatic carbocycles. The summed E-state index contributed by atoms with van der Waals surface area (Å²) in [5.74, 6) is 1.28. The van der Waals surface area contributed by atoms with Crippen LogP contribution in [0.3, 0.4) is 0 Å². The van der Waals surface area contributed by atoms with E-state index in [2.05, 4.69) is 38.1 Å². The number of nitrogens with zero attached hydrogens (tertiary/aromatic N) is 2. The van der Waals surface area contributed by atoms with E-state index >= 15 is 0 Å². The maximum atomic E-state index is 5.70. The highest BCUT2D eigenvalue weighted by molar-refractivity contribution is 9.10. The lowest BCUT2D eigenvalue weighted by atomic mass is 10.0. The van der Waals surface area contributed by atoms with Crippen molar-refractivity contribution in [2.24, 2.45) is 0 Å². The maximum Gasteiger partial charge on any atom is 0.146 e. The Labute approximate surface area is 97.8 Å². The molecule has 15 heavy (non-hydrogen) atoms. The van der Waals surface area contributed by atoms with Crippen LogP contribution in [0.1, 0.15) is 32.6 Å². The number of hydrogen-bond acceptors (Lipinski definition) is 4. The summed E-state index contributed by atoms with van der Waals surface area (Å²) in [5, 5.41) is 3.45. The molecule has 2 rings (SSSR count). The van der Waals surface area contributed by atoms with Crippen LogP contribution in [0.25, 0.3) is 0 Å². The molecule has 0 saturated heterocycles. The molecule has 1 aromatic rings. The summed E-state index contributed by atoms with van der Waals surface area (Å²) in [6.07, 6.45) is 6.41. The molecule has 0 aliphatic heterocycles. The molecule has 1 aromatic heterocycles. The smallest absolute Gasteiger partial charge is 0.146 e. The second kappa shape index (κ2) is 3.96. The summed E-state index contributed by atoms with van der Waals surface area (Å²) < 4.78 is 0.762. The van der Waals surface area contributed by atoms with Gasteiger partial charge in [0, 0.05) is 5.54 Å². The topological polar surface area (TPSA) is 63.8 Å². The summed E-state index contributed by atoms with van der Waals surface area (Å²) in [7, 11) is 0. The van der Waals surface area contributed by atoms with Gasteiger partial charge in [-0.3, -0.25) is 0 Å². The zero-order valence-corrected chi connectivity index (χ0v) is 10.3. The van der Waals surface area contributed by atoms with E-state index in [-0.39, 0.29) is 5.54 Å². The molecule has 0 unspecified atom stereocenters. The van der Waals surface area contributed by atoms with Gasteiger partial charge in [-0.15, -0.1) is 0 Å². The summed E-state index contributed by atoms with van der Waals surface area (Å²) in [4.78, 5) is 8.12. The van der Waals surface area contributed by atoms with Gasteiger partial charge in [-0.25, -0.2) is 9.97 Å². The Kier molecular flexibility index (Phi) is 2.82. The van der Waals surface area contributed by atoms with Crippen LogP contribution in [0.15, 0.2) is 10.8 Å². The summed E-state index contributed by atoms with van der Waals surface area (Å²) in [5.41, 5.74) is 5.86. The Hall–Kier alpha value is -0.840. The van der Waals surface area contributed by atoms with E-state index in [0.717, 1.165) is 10.3 Å². The summed E-state index contributed by atoms with van der Waals surface area (Å²) in [6.45, 7) is 2.23. The molecule has 4 nitrogen and oxygen atoms in total. The van der Waals surface area contributed by atoms with Crippen LogP contribution in [0.5, 0.6) is 0 Å². The number of rotatable bonds is 2. The van der Waals surface area contributed by atoms with Crippen LogP contribution in [0.2, 0.25) is 0 Å². The lowest BCUT2D eigenvalue weighted by molar-refractivity contribution is 0.530. The van der Waals surface area contributed by atoms with E-state index in [1.165, 1.54) is 32.0 Å². The van der Waals surface area contributed by atoms with E-state index in [1.807, 2.05) is 0 Å². The van der Waals surface area contributed by atoms with Crippen molar-refractivity contribution in [2.45, 2.75) is 38.1 Å². The van der Waals surface area contributed by atoms with Gasteiger partial charge in [0.25, 0.3) is 0 Å². The van der Waals surface area contributed by atoms with Gasteiger partial charge in [0.2, 0.25) is 0 Å². The number of anilines is 2. The number of halogens is 1. The molecule has 0 bridgehead atoms. The average Bonchev–Trinajstić information content (AvgIpc) is 2.60. The van der Waals surface area contributed by atoms with Crippen molar-refractivity contribution >= 4 is 27.6 Å². The van der Waals surface area contributed by atoms with Crippen molar-refractivity contribution in [3.63, 3.8) is 0 Å². The fourth-order valence-electron chi connectivity index (χ4n) is 2.04. The summed E-state index contributed by atoms with van der Waals surface area (Å²) in [6, 6.07) is 0. The van der Waals surface area contributed by atoms with Gasteiger partial charge < -0.3 is 11.1 Å². The van der Waals surface area contributed by atoms with Crippen LogP contribution in [0, 0.1) is 0 Å². The highest BCUT2D eigenvalue weighted by Crippen LogP contribution is 2.34. The molecule has 0 spiro atoms.